The van der Waals surface area contributed by atoms with Crippen LogP contribution in [0.15, 0.2) is 23.2 Å². The van der Waals surface area contributed by atoms with Crippen molar-refractivity contribution in [2.45, 2.75) is 37.4 Å². The third kappa shape index (κ3) is 1.56. The Labute approximate surface area is 106 Å². The second-order valence-corrected chi connectivity index (χ2v) is 5.23. The van der Waals surface area contributed by atoms with Crippen molar-refractivity contribution in [2.24, 2.45) is 10.7 Å². The lowest BCUT2D eigenvalue weighted by Gasteiger charge is -2.32. The molecular formula is C14H18FN3. The minimum atomic E-state index is -1.41. The summed E-state index contributed by atoms with van der Waals surface area (Å²) in [5.74, 6) is 0.0627. The molecule has 0 spiro atoms. The fourth-order valence-corrected chi connectivity index (χ4v) is 3.19. The van der Waals surface area contributed by atoms with Crippen LogP contribution in [0.2, 0.25) is 0 Å². The van der Waals surface area contributed by atoms with Crippen molar-refractivity contribution < 1.29 is 4.39 Å². The number of nitrogens with one attached hydrogen (secondary N) is 1. The molecule has 1 aliphatic carbocycles. The number of nitrogens with two attached hydrogens (primary N) is 1. The molecular weight excluding hydrogens is 229 g/mol. The average Bonchev–Trinajstić information content (AvgIpc) is 2.74. The number of benzene rings is 1. The van der Waals surface area contributed by atoms with Crippen LogP contribution in [0.25, 0.3) is 0 Å². The van der Waals surface area contributed by atoms with E-state index in [1.165, 1.54) is 0 Å². The molecule has 1 saturated carbocycles. The number of amidine groups is 1. The lowest BCUT2D eigenvalue weighted by atomic mass is 9.82. The Kier molecular flexibility index (Phi) is 2.63. The van der Waals surface area contributed by atoms with Crippen molar-refractivity contribution in [2.75, 3.05) is 7.05 Å². The molecule has 0 saturated heterocycles. The molecule has 0 aromatic heterocycles. The molecule has 18 heavy (non-hydrogen) atoms. The standard InChI is InChI=1S/C14H18FN3/c1-17-8-9-4-5-10-11-3-2-6-14(11,15)13(16)18-12(10)7-9/h4-5,7,11,17H,2-3,6,8H2,1H3,(H2,16,18). The topological polar surface area (TPSA) is 50.4 Å². The van der Waals surface area contributed by atoms with Crippen molar-refractivity contribution in [3.63, 3.8) is 0 Å². The zero-order valence-electron chi connectivity index (χ0n) is 10.5. The number of nitrogens with zero attached hydrogens (tertiary/aromatic N) is 1. The van der Waals surface area contributed by atoms with Crippen LogP contribution in [0.1, 0.15) is 36.3 Å². The molecule has 96 valence electrons. The first-order chi connectivity index (χ1) is 8.65. The fraction of sp³-hybridized carbons (Fsp3) is 0.500. The SMILES string of the molecule is CNCc1ccc2c(c1)N=C(N)C1(F)CCCC21. The van der Waals surface area contributed by atoms with E-state index in [1.54, 1.807) is 0 Å². The molecule has 4 heteroatoms. The van der Waals surface area contributed by atoms with E-state index in [1.807, 2.05) is 25.2 Å². The Morgan fingerprint density at radius 3 is 3.17 bits per heavy atom. The highest BCUT2D eigenvalue weighted by molar-refractivity contribution is 5.95. The molecule has 1 fully saturated rings. The van der Waals surface area contributed by atoms with Gasteiger partial charge in [-0.05, 0) is 43.5 Å². The van der Waals surface area contributed by atoms with Crippen LogP contribution < -0.4 is 11.1 Å². The molecule has 3 nitrogen and oxygen atoms in total. The number of aliphatic imine (C=N–C) groups is 1. The first kappa shape index (κ1) is 11.7. The van der Waals surface area contributed by atoms with Gasteiger partial charge >= 0.3 is 0 Å². The Bertz CT molecular complexity index is 512. The summed E-state index contributed by atoms with van der Waals surface area (Å²) in [4.78, 5) is 4.29. The fourth-order valence-electron chi connectivity index (χ4n) is 3.19. The lowest BCUT2D eigenvalue weighted by Crippen LogP contribution is -2.43. The van der Waals surface area contributed by atoms with E-state index in [-0.39, 0.29) is 11.8 Å². The lowest BCUT2D eigenvalue weighted by molar-refractivity contribution is 0.232. The number of alkyl halides is 1. The van der Waals surface area contributed by atoms with Gasteiger partial charge in [-0.2, -0.15) is 0 Å². The monoisotopic (exact) mass is 247 g/mol. The quantitative estimate of drug-likeness (QED) is 0.843. The summed E-state index contributed by atoms with van der Waals surface area (Å²) in [5, 5.41) is 3.10. The van der Waals surface area contributed by atoms with Crippen molar-refractivity contribution in [3.8, 4) is 0 Å². The highest BCUT2D eigenvalue weighted by Gasteiger charge is 2.50. The third-order valence-electron chi connectivity index (χ3n) is 4.10. The van der Waals surface area contributed by atoms with Gasteiger partial charge in [-0.15, -0.1) is 0 Å². The first-order valence-corrected chi connectivity index (χ1v) is 6.46. The maximum Gasteiger partial charge on any atom is 0.174 e. The molecule has 0 bridgehead atoms. The van der Waals surface area contributed by atoms with Gasteiger partial charge in [0.1, 0.15) is 5.84 Å². The number of rotatable bonds is 2. The van der Waals surface area contributed by atoms with Crippen LogP contribution in [0.4, 0.5) is 10.1 Å². The van der Waals surface area contributed by atoms with Crippen molar-refractivity contribution in [3.05, 3.63) is 29.3 Å². The van der Waals surface area contributed by atoms with Crippen LogP contribution >= 0.6 is 0 Å². The van der Waals surface area contributed by atoms with Gasteiger partial charge in [-0.1, -0.05) is 12.1 Å². The molecule has 2 unspecified atom stereocenters. The van der Waals surface area contributed by atoms with Crippen LogP contribution in [-0.2, 0) is 6.54 Å². The third-order valence-corrected chi connectivity index (χ3v) is 4.10. The Morgan fingerprint density at radius 1 is 1.56 bits per heavy atom. The Morgan fingerprint density at radius 2 is 2.39 bits per heavy atom. The summed E-state index contributed by atoms with van der Waals surface area (Å²) in [5.41, 5.74) is 7.46. The second-order valence-electron chi connectivity index (χ2n) is 5.23. The van der Waals surface area contributed by atoms with Gasteiger partial charge in [-0.3, -0.25) is 0 Å². The number of hydrogen-bond donors (Lipinski definition) is 2. The molecule has 0 radical (unpaired) electrons. The predicted octanol–water partition coefficient (Wildman–Crippen LogP) is 2.38. The van der Waals surface area contributed by atoms with Crippen molar-refractivity contribution in [1.82, 2.24) is 5.32 Å². The summed E-state index contributed by atoms with van der Waals surface area (Å²) >= 11 is 0. The summed E-state index contributed by atoms with van der Waals surface area (Å²) in [6, 6.07) is 6.07. The second kappa shape index (κ2) is 4.05. The number of hydrogen-bond acceptors (Lipinski definition) is 3. The zero-order valence-corrected chi connectivity index (χ0v) is 10.5. The molecule has 3 N–H and O–H groups in total. The number of halogens is 1. The van der Waals surface area contributed by atoms with Crippen LogP contribution in [0.5, 0.6) is 0 Å². The zero-order chi connectivity index (χ0) is 12.8. The Hall–Kier alpha value is -1.42. The van der Waals surface area contributed by atoms with E-state index >= 15 is 0 Å². The summed E-state index contributed by atoms with van der Waals surface area (Å²) in [7, 11) is 1.90. The first-order valence-electron chi connectivity index (χ1n) is 6.46. The molecule has 0 amide bonds. The van der Waals surface area contributed by atoms with Gasteiger partial charge in [0.2, 0.25) is 0 Å². The van der Waals surface area contributed by atoms with E-state index in [0.717, 1.165) is 36.2 Å². The van der Waals surface area contributed by atoms with Gasteiger partial charge in [0.25, 0.3) is 0 Å². The Balaban J connectivity index is 2.08. The molecule has 1 aromatic carbocycles. The van der Waals surface area contributed by atoms with Crippen LogP contribution in [-0.4, -0.2) is 18.6 Å². The van der Waals surface area contributed by atoms with Crippen LogP contribution in [0.3, 0.4) is 0 Å². The summed E-state index contributed by atoms with van der Waals surface area (Å²) in [6.45, 7) is 0.786. The van der Waals surface area contributed by atoms with Gasteiger partial charge in [0, 0.05) is 12.5 Å². The molecule has 1 heterocycles. The normalized spacial score (nSPS) is 29.7. The largest absolute Gasteiger partial charge is 0.384 e. The highest BCUT2D eigenvalue weighted by Crippen LogP contribution is 2.51. The van der Waals surface area contributed by atoms with Gasteiger partial charge in [-0.25, -0.2) is 9.38 Å². The summed E-state index contributed by atoms with van der Waals surface area (Å²) in [6.07, 6.45) is 2.25. The summed E-state index contributed by atoms with van der Waals surface area (Å²) < 4.78 is 14.8. The van der Waals surface area contributed by atoms with Gasteiger partial charge in [0.15, 0.2) is 5.67 Å². The maximum atomic E-state index is 14.8. The average molecular weight is 247 g/mol. The van der Waals surface area contributed by atoms with E-state index in [2.05, 4.69) is 10.3 Å². The predicted molar refractivity (Wildman–Crippen MR) is 70.9 cm³/mol. The molecule has 2 atom stereocenters. The smallest absolute Gasteiger partial charge is 0.174 e. The van der Waals surface area contributed by atoms with Crippen LogP contribution in [0, 0.1) is 0 Å². The molecule has 2 aliphatic rings. The molecule has 1 aliphatic heterocycles. The van der Waals surface area contributed by atoms with E-state index in [0.29, 0.717) is 6.42 Å². The molecule has 3 rings (SSSR count). The minimum Gasteiger partial charge on any atom is -0.384 e. The van der Waals surface area contributed by atoms with E-state index < -0.39 is 5.67 Å². The molecule has 1 aromatic rings. The number of fused-ring (bicyclic) bond motifs is 3. The van der Waals surface area contributed by atoms with Gasteiger partial charge in [0.05, 0.1) is 5.69 Å². The van der Waals surface area contributed by atoms with E-state index in [9.17, 15) is 4.39 Å². The van der Waals surface area contributed by atoms with Gasteiger partial charge < -0.3 is 11.1 Å². The maximum absolute atomic E-state index is 14.8. The minimum absolute atomic E-state index is 0.103. The van der Waals surface area contributed by atoms with Crippen molar-refractivity contribution in [1.29, 1.82) is 0 Å². The highest BCUT2D eigenvalue weighted by atomic mass is 19.1. The van der Waals surface area contributed by atoms with E-state index in [4.69, 9.17) is 5.73 Å². The van der Waals surface area contributed by atoms with Crippen molar-refractivity contribution >= 4 is 11.5 Å².